The van der Waals surface area contributed by atoms with E-state index < -0.39 is 0 Å². The van der Waals surface area contributed by atoms with E-state index in [0.29, 0.717) is 25.2 Å². The second kappa shape index (κ2) is 8.30. The van der Waals surface area contributed by atoms with E-state index in [1.165, 1.54) is 24.0 Å². The van der Waals surface area contributed by atoms with Crippen LogP contribution in [0.2, 0.25) is 0 Å². The Bertz CT molecular complexity index is 463. The summed E-state index contributed by atoms with van der Waals surface area (Å²) in [6.45, 7) is 4.13. The topological polar surface area (TPSA) is 49.4 Å². The second-order valence-electron chi connectivity index (χ2n) is 4.60. The number of amides is 2. The Morgan fingerprint density at radius 1 is 1.35 bits per heavy atom. The normalized spacial score (nSPS) is 10.2. The van der Waals surface area contributed by atoms with Gasteiger partial charge < -0.3 is 10.2 Å². The third kappa shape index (κ3) is 5.38. The zero-order chi connectivity index (χ0) is 15.0. The maximum atomic E-state index is 13.2. The molecule has 0 aromatic heterocycles. The van der Waals surface area contributed by atoms with Crippen LogP contribution in [0.3, 0.4) is 0 Å². The molecular weight excluding hydrogens is 259 g/mol. The molecule has 1 aromatic rings. The first-order valence-corrected chi connectivity index (χ1v) is 6.85. The van der Waals surface area contributed by atoms with Crippen LogP contribution in [-0.4, -0.2) is 24.9 Å². The molecule has 0 atom stereocenters. The average molecular weight is 280 g/mol. The predicted octanol–water partition coefficient (Wildman–Crippen LogP) is 2.49. The maximum Gasteiger partial charge on any atom is 0.223 e. The summed E-state index contributed by atoms with van der Waals surface area (Å²) >= 11 is 0. The fourth-order valence-corrected chi connectivity index (χ4v) is 1.85. The molecule has 1 aromatic carbocycles. The van der Waals surface area contributed by atoms with Crippen molar-refractivity contribution in [2.45, 2.75) is 33.1 Å². The minimum Gasteiger partial charge on any atom is -0.354 e. The van der Waals surface area contributed by atoms with Gasteiger partial charge in [0.15, 0.2) is 0 Å². The Labute approximate surface area is 119 Å². The summed E-state index contributed by atoms with van der Waals surface area (Å²) in [6.07, 6.45) is 2.32. The Balaban J connectivity index is 2.52. The van der Waals surface area contributed by atoms with Crippen molar-refractivity contribution in [2.75, 3.05) is 18.0 Å². The number of anilines is 1. The Morgan fingerprint density at radius 2 is 2.10 bits per heavy atom. The number of nitrogens with zero attached hydrogens (tertiary/aromatic N) is 1. The molecule has 2 amide bonds. The van der Waals surface area contributed by atoms with Crippen molar-refractivity contribution in [3.63, 3.8) is 0 Å². The molecule has 0 aliphatic heterocycles. The summed E-state index contributed by atoms with van der Waals surface area (Å²) in [5.74, 6) is -0.589. The zero-order valence-corrected chi connectivity index (χ0v) is 12.0. The van der Waals surface area contributed by atoms with E-state index in [1.54, 1.807) is 12.1 Å². The highest BCUT2D eigenvalue weighted by Gasteiger charge is 2.12. The lowest BCUT2D eigenvalue weighted by Crippen LogP contribution is -2.37. The van der Waals surface area contributed by atoms with E-state index in [9.17, 15) is 14.0 Å². The molecule has 20 heavy (non-hydrogen) atoms. The van der Waals surface area contributed by atoms with Gasteiger partial charge in [0, 0.05) is 32.1 Å². The summed E-state index contributed by atoms with van der Waals surface area (Å²) in [5.41, 5.74) is 0.500. The first kappa shape index (κ1) is 16.1. The molecule has 0 unspecified atom stereocenters. The molecule has 1 N–H and O–H groups in total. The summed E-state index contributed by atoms with van der Waals surface area (Å²) < 4.78 is 13.2. The smallest absolute Gasteiger partial charge is 0.223 e. The number of nitrogens with one attached hydrogen (secondary N) is 1. The van der Waals surface area contributed by atoms with Gasteiger partial charge in [-0.05, 0) is 24.6 Å². The van der Waals surface area contributed by atoms with Crippen LogP contribution in [0.5, 0.6) is 0 Å². The van der Waals surface area contributed by atoms with E-state index >= 15 is 0 Å². The standard InChI is InChI=1S/C15H21FN2O2/c1-3-4-8-15(20)17-9-10-18(12(2)19)14-7-5-6-13(16)11-14/h5-7,11H,3-4,8-10H2,1-2H3,(H,17,20). The number of benzene rings is 1. The summed E-state index contributed by atoms with van der Waals surface area (Å²) in [5, 5.41) is 2.76. The van der Waals surface area contributed by atoms with Crippen molar-refractivity contribution < 1.29 is 14.0 Å². The molecule has 0 bridgehead atoms. The molecule has 4 nitrogen and oxygen atoms in total. The Kier molecular flexibility index (Phi) is 6.70. The van der Waals surface area contributed by atoms with Gasteiger partial charge >= 0.3 is 0 Å². The fraction of sp³-hybridized carbons (Fsp3) is 0.467. The van der Waals surface area contributed by atoms with Crippen LogP contribution in [0, 0.1) is 5.82 Å². The first-order valence-electron chi connectivity index (χ1n) is 6.85. The molecule has 0 radical (unpaired) electrons. The molecule has 0 fully saturated rings. The van der Waals surface area contributed by atoms with Gasteiger partial charge in [-0.25, -0.2) is 4.39 Å². The number of halogens is 1. The van der Waals surface area contributed by atoms with E-state index in [0.717, 1.165) is 12.8 Å². The van der Waals surface area contributed by atoms with Crippen molar-refractivity contribution in [1.82, 2.24) is 5.32 Å². The molecule has 0 heterocycles. The molecule has 0 saturated carbocycles. The highest BCUT2D eigenvalue weighted by atomic mass is 19.1. The second-order valence-corrected chi connectivity index (χ2v) is 4.60. The quantitative estimate of drug-likeness (QED) is 0.834. The van der Waals surface area contributed by atoms with Crippen LogP contribution in [0.1, 0.15) is 33.1 Å². The van der Waals surface area contributed by atoms with Crippen molar-refractivity contribution in [3.8, 4) is 0 Å². The van der Waals surface area contributed by atoms with Crippen molar-refractivity contribution in [3.05, 3.63) is 30.1 Å². The molecule has 0 aliphatic carbocycles. The number of carbonyl (C=O) groups excluding carboxylic acids is 2. The van der Waals surface area contributed by atoms with Crippen molar-refractivity contribution in [1.29, 1.82) is 0 Å². The molecule has 110 valence electrons. The van der Waals surface area contributed by atoms with Crippen molar-refractivity contribution in [2.24, 2.45) is 0 Å². The summed E-state index contributed by atoms with van der Waals surface area (Å²) in [6, 6.07) is 5.86. The van der Waals surface area contributed by atoms with Crippen LogP contribution in [0.25, 0.3) is 0 Å². The van der Waals surface area contributed by atoms with Gasteiger partial charge in [-0.15, -0.1) is 0 Å². The van der Waals surface area contributed by atoms with Gasteiger partial charge in [0.2, 0.25) is 11.8 Å². The van der Waals surface area contributed by atoms with Gasteiger partial charge in [0.25, 0.3) is 0 Å². The van der Waals surface area contributed by atoms with Crippen LogP contribution >= 0.6 is 0 Å². The number of carbonyl (C=O) groups is 2. The van der Waals surface area contributed by atoms with E-state index in [2.05, 4.69) is 5.32 Å². The van der Waals surface area contributed by atoms with Crippen LogP contribution in [0.15, 0.2) is 24.3 Å². The van der Waals surface area contributed by atoms with Crippen LogP contribution in [0.4, 0.5) is 10.1 Å². The van der Waals surface area contributed by atoms with Crippen LogP contribution in [-0.2, 0) is 9.59 Å². The highest BCUT2D eigenvalue weighted by molar-refractivity contribution is 5.91. The minimum absolute atomic E-state index is 0.0189. The first-order chi connectivity index (χ1) is 9.54. The monoisotopic (exact) mass is 280 g/mol. The van der Waals surface area contributed by atoms with Gasteiger partial charge in [-0.2, -0.15) is 0 Å². The van der Waals surface area contributed by atoms with Crippen LogP contribution < -0.4 is 10.2 Å². The van der Waals surface area contributed by atoms with E-state index in [-0.39, 0.29) is 17.6 Å². The number of hydrogen-bond donors (Lipinski definition) is 1. The number of unbranched alkanes of at least 4 members (excludes halogenated alkanes) is 1. The number of hydrogen-bond acceptors (Lipinski definition) is 2. The largest absolute Gasteiger partial charge is 0.354 e. The summed E-state index contributed by atoms with van der Waals surface area (Å²) in [7, 11) is 0. The van der Waals surface area contributed by atoms with Crippen molar-refractivity contribution >= 4 is 17.5 Å². The van der Waals surface area contributed by atoms with Gasteiger partial charge in [0.1, 0.15) is 5.82 Å². The van der Waals surface area contributed by atoms with Gasteiger partial charge in [-0.3, -0.25) is 9.59 Å². The van der Waals surface area contributed by atoms with E-state index in [1.807, 2.05) is 6.92 Å². The zero-order valence-electron chi connectivity index (χ0n) is 12.0. The lowest BCUT2D eigenvalue weighted by Gasteiger charge is -2.21. The SMILES string of the molecule is CCCCC(=O)NCCN(C(C)=O)c1cccc(F)c1. The fourth-order valence-electron chi connectivity index (χ4n) is 1.85. The average Bonchev–Trinajstić information content (AvgIpc) is 2.40. The van der Waals surface area contributed by atoms with Gasteiger partial charge in [-0.1, -0.05) is 19.4 Å². The lowest BCUT2D eigenvalue weighted by atomic mass is 10.2. The predicted molar refractivity (Wildman–Crippen MR) is 77.0 cm³/mol. The molecule has 1 rings (SSSR count). The highest BCUT2D eigenvalue weighted by Crippen LogP contribution is 2.15. The number of rotatable bonds is 7. The van der Waals surface area contributed by atoms with E-state index in [4.69, 9.17) is 0 Å². The maximum absolute atomic E-state index is 13.2. The molecule has 0 aliphatic rings. The third-order valence-electron chi connectivity index (χ3n) is 2.91. The molecule has 0 spiro atoms. The summed E-state index contributed by atoms with van der Waals surface area (Å²) in [4.78, 5) is 24.5. The molecule has 5 heteroatoms. The minimum atomic E-state index is -0.388. The Hall–Kier alpha value is -1.91. The third-order valence-corrected chi connectivity index (χ3v) is 2.91. The molecule has 0 saturated heterocycles. The molecular formula is C15H21FN2O2. The van der Waals surface area contributed by atoms with Gasteiger partial charge in [0.05, 0.1) is 0 Å². The lowest BCUT2D eigenvalue weighted by molar-refractivity contribution is -0.121. The Morgan fingerprint density at radius 3 is 2.70 bits per heavy atom.